The second-order valence-electron chi connectivity index (χ2n) is 7.47. The highest BCUT2D eigenvalue weighted by atomic mass is 32.2. The van der Waals surface area contributed by atoms with Crippen molar-refractivity contribution in [3.63, 3.8) is 0 Å². The summed E-state index contributed by atoms with van der Waals surface area (Å²) in [5.74, 6) is 0.299. The highest BCUT2D eigenvalue weighted by Gasteiger charge is 2.41. The molecule has 0 bridgehead atoms. The molecule has 3 rings (SSSR count). The van der Waals surface area contributed by atoms with Crippen LogP contribution in [0.1, 0.15) is 31.2 Å². The van der Waals surface area contributed by atoms with Crippen molar-refractivity contribution < 1.29 is 9.53 Å². The average Bonchev–Trinajstić information content (AvgIpc) is 2.63. The number of carbonyl (C=O) groups excluding carboxylic acids is 1. The molecule has 0 N–H and O–H groups in total. The molecule has 4 nitrogen and oxygen atoms in total. The van der Waals surface area contributed by atoms with E-state index in [0.29, 0.717) is 18.9 Å². The number of ether oxygens (including phenoxy) is 1. The summed E-state index contributed by atoms with van der Waals surface area (Å²) < 4.78 is 5.18. The van der Waals surface area contributed by atoms with Crippen molar-refractivity contribution in [3.8, 4) is 0 Å². The lowest BCUT2D eigenvalue weighted by Crippen LogP contribution is -2.54. The Morgan fingerprint density at radius 3 is 2.96 bits per heavy atom. The van der Waals surface area contributed by atoms with E-state index in [4.69, 9.17) is 4.74 Å². The van der Waals surface area contributed by atoms with Crippen LogP contribution in [-0.4, -0.2) is 61.9 Å². The molecule has 25 heavy (non-hydrogen) atoms. The van der Waals surface area contributed by atoms with Crippen LogP contribution < -0.4 is 0 Å². The zero-order valence-corrected chi connectivity index (χ0v) is 16.3. The molecule has 0 radical (unpaired) electrons. The van der Waals surface area contributed by atoms with Gasteiger partial charge in [-0.3, -0.25) is 9.69 Å². The van der Waals surface area contributed by atoms with Crippen LogP contribution in [0.25, 0.3) is 0 Å². The molecule has 0 unspecified atom stereocenters. The first kappa shape index (κ1) is 18.7. The first-order valence-electron chi connectivity index (χ1n) is 9.26. The molecule has 1 aromatic carbocycles. The Hall–Kier alpha value is -1.04. The van der Waals surface area contributed by atoms with E-state index in [1.54, 1.807) is 18.9 Å². The number of carbonyl (C=O) groups is 1. The number of rotatable bonds is 6. The minimum Gasteiger partial charge on any atom is -0.383 e. The number of hydrogen-bond acceptors (Lipinski definition) is 4. The van der Waals surface area contributed by atoms with Gasteiger partial charge in [-0.05, 0) is 49.8 Å². The summed E-state index contributed by atoms with van der Waals surface area (Å²) >= 11 is 1.80. The summed E-state index contributed by atoms with van der Waals surface area (Å²) in [4.78, 5) is 18.2. The quantitative estimate of drug-likeness (QED) is 0.727. The smallest absolute Gasteiger partial charge is 0.222 e. The third-order valence-corrected chi connectivity index (χ3v) is 6.32. The van der Waals surface area contributed by atoms with Crippen LogP contribution in [0.3, 0.4) is 0 Å². The van der Waals surface area contributed by atoms with Crippen molar-refractivity contribution in [2.24, 2.45) is 5.41 Å². The Morgan fingerprint density at radius 1 is 1.28 bits per heavy atom. The maximum Gasteiger partial charge on any atom is 0.222 e. The summed E-state index contributed by atoms with van der Waals surface area (Å²) in [7, 11) is 1.70. The predicted molar refractivity (Wildman–Crippen MR) is 103 cm³/mol. The van der Waals surface area contributed by atoms with Crippen LogP contribution in [0.2, 0.25) is 0 Å². The van der Waals surface area contributed by atoms with Gasteiger partial charge in [0, 0.05) is 50.0 Å². The van der Waals surface area contributed by atoms with Gasteiger partial charge in [0.25, 0.3) is 0 Å². The van der Waals surface area contributed by atoms with Crippen molar-refractivity contribution in [1.29, 1.82) is 0 Å². The van der Waals surface area contributed by atoms with Crippen molar-refractivity contribution in [2.45, 2.75) is 37.1 Å². The number of thioether (sulfide) groups is 1. The molecule has 138 valence electrons. The first-order chi connectivity index (χ1) is 12.1. The van der Waals surface area contributed by atoms with Gasteiger partial charge in [-0.25, -0.2) is 0 Å². The zero-order chi connectivity index (χ0) is 17.7. The molecule has 2 saturated heterocycles. The van der Waals surface area contributed by atoms with Gasteiger partial charge in [0.05, 0.1) is 6.61 Å². The van der Waals surface area contributed by atoms with Gasteiger partial charge in [0.15, 0.2) is 0 Å². The molecule has 0 aliphatic carbocycles. The molecular formula is C20H30N2O2S. The second-order valence-corrected chi connectivity index (χ2v) is 8.35. The number of likely N-dealkylation sites (tertiary alicyclic amines) is 2. The minimum atomic E-state index is 0.275. The van der Waals surface area contributed by atoms with E-state index in [1.807, 2.05) is 4.90 Å². The van der Waals surface area contributed by atoms with E-state index in [2.05, 4.69) is 35.4 Å². The lowest BCUT2D eigenvalue weighted by Gasteiger charge is -2.48. The van der Waals surface area contributed by atoms with Crippen LogP contribution in [-0.2, 0) is 16.1 Å². The summed E-state index contributed by atoms with van der Waals surface area (Å²) in [6, 6.07) is 8.87. The highest BCUT2D eigenvalue weighted by Crippen LogP contribution is 2.39. The van der Waals surface area contributed by atoms with Crippen LogP contribution in [0, 0.1) is 5.41 Å². The number of methoxy groups -OCH3 is 1. The number of nitrogens with zero attached hydrogens (tertiary/aromatic N) is 2. The largest absolute Gasteiger partial charge is 0.383 e. The van der Waals surface area contributed by atoms with E-state index < -0.39 is 0 Å². The lowest BCUT2D eigenvalue weighted by atomic mass is 9.73. The van der Waals surface area contributed by atoms with Crippen molar-refractivity contribution in [3.05, 3.63) is 29.8 Å². The Kier molecular flexibility index (Phi) is 6.42. The molecular weight excluding hydrogens is 332 g/mol. The molecule has 1 spiro atoms. The molecule has 2 aliphatic heterocycles. The minimum absolute atomic E-state index is 0.275. The highest BCUT2D eigenvalue weighted by molar-refractivity contribution is 7.98. The van der Waals surface area contributed by atoms with Gasteiger partial charge in [0.1, 0.15) is 0 Å². The zero-order valence-electron chi connectivity index (χ0n) is 15.5. The normalized spacial score (nSPS) is 24.9. The molecule has 2 fully saturated rings. The Morgan fingerprint density at radius 2 is 2.16 bits per heavy atom. The van der Waals surface area contributed by atoms with Crippen LogP contribution >= 0.6 is 11.8 Å². The van der Waals surface area contributed by atoms with E-state index in [9.17, 15) is 4.79 Å². The number of hydrogen-bond donors (Lipinski definition) is 0. The standard InChI is InChI=1S/C20H30N2O2S/c1-24-12-11-22-16-20(9-7-19(22)23)8-4-10-21(15-20)14-17-5-3-6-18(13-17)25-2/h3,5-6,13H,4,7-12,14-16H2,1-2H3/t20-/m0/s1. The molecule has 0 saturated carbocycles. The van der Waals surface area contributed by atoms with Crippen LogP contribution in [0.4, 0.5) is 0 Å². The van der Waals surface area contributed by atoms with E-state index >= 15 is 0 Å². The third kappa shape index (κ3) is 4.78. The Bertz CT molecular complexity index is 595. The van der Waals surface area contributed by atoms with Crippen LogP contribution in [0.15, 0.2) is 29.2 Å². The summed E-state index contributed by atoms with van der Waals surface area (Å²) in [6.45, 7) is 5.54. The van der Waals surface area contributed by atoms with Gasteiger partial charge >= 0.3 is 0 Å². The fourth-order valence-electron chi connectivity index (χ4n) is 4.31. The number of amides is 1. The van der Waals surface area contributed by atoms with E-state index in [0.717, 1.165) is 39.1 Å². The Balaban J connectivity index is 1.64. The molecule has 1 aromatic rings. The van der Waals surface area contributed by atoms with Gasteiger partial charge in [-0.15, -0.1) is 11.8 Å². The van der Waals surface area contributed by atoms with Crippen molar-refractivity contribution >= 4 is 17.7 Å². The fraction of sp³-hybridized carbons (Fsp3) is 0.650. The summed E-state index contributed by atoms with van der Waals surface area (Å²) in [6.07, 6.45) is 6.33. The van der Waals surface area contributed by atoms with Gasteiger partial charge in [0.2, 0.25) is 5.91 Å². The molecule has 1 atom stereocenters. The van der Waals surface area contributed by atoms with Gasteiger partial charge < -0.3 is 9.64 Å². The number of piperidine rings is 2. The second kappa shape index (κ2) is 8.56. The van der Waals surface area contributed by atoms with Gasteiger partial charge in [-0.1, -0.05) is 12.1 Å². The number of benzene rings is 1. The van der Waals surface area contributed by atoms with Crippen LogP contribution in [0.5, 0.6) is 0 Å². The monoisotopic (exact) mass is 362 g/mol. The lowest BCUT2D eigenvalue weighted by molar-refractivity contribution is -0.140. The third-order valence-electron chi connectivity index (χ3n) is 5.59. The SMILES string of the molecule is COCCN1C[C@@]2(CCCN(Cc3cccc(SC)c3)C2)CCC1=O. The average molecular weight is 363 g/mol. The van der Waals surface area contributed by atoms with Crippen molar-refractivity contribution in [2.75, 3.05) is 46.2 Å². The van der Waals surface area contributed by atoms with Gasteiger partial charge in [-0.2, -0.15) is 0 Å². The Labute approximate surface area is 155 Å². The first-order valence-corrected chi connectivity index (χ1v) is 10.5. The molecule has 5 heteroatoms. The molecule has 1 amide bonds. The van der Waals surface area contributed by atoms with E-state index in [1.165, 1.54) is 23.3 Å². The molecule has 2 heterocycles. The molecule has 0 aromatic heterocycles. The van der Waals surface area contributed by atoms with Crippen molar-refractivity contribution in [1.82, 2.24) is 9.80 Å². The molecule has 2 aliphatic rings. The van der Waals surface area contributed by atoms with E-state index in [-0.39, 0.29) is 5.41 Å². The maximum atomic E-state index is 12.2. The predicted octanol–water partition coefficient (Wildman–Crippen LogP) is 3.26. The topological polar surface area (TPSA) is 32.8 Å². The summed E-state index contributed by atoms with van der Waals surface area (Å²) in [5, 5.41) is 0. The maximum absolute atomic E-state index is 12.2. The fourth-order valence-corrected chi connectivity index (χ4v) is 4.80. The summed E-state index contributed by atoms with van der Waals surface area (Å²) in [5.41, 5.74) is 1.67.